The predicted octanol–water partition coefficient (Wildman–Crippen LogP) is 3.00. The number of carboxylic acid groups (broad SMARTS) is 1. The van der Waals surface area contributed by atoms with Gasteiger partial charge in [0.05, 0.1) is 5.69 Å². The van der Waals surface area contributed by atoms with Crippen molar-refractivity contribution >= 4 is 12.0 Å². The molecule has 2 rings (SSSR count). The van der Waals surface area contributed by atoms with Crippen LogP contribution in [0.5, 0.6) is 0 Å². The molecule has 3 N–H and O–H groups in total. The first kappa shape index (κ1) is 20.5. The number of aliphatic carboxylic acids is 1. The van der Waals surface area contributed by atoms with Gasteiger partial charge in [-0.15, -0.1) is 0 Å². The minimum Gasteiger partial charge on any atom is -0.481 e. The Kier molecular flexibility index (Phi) is 7.40. The number of rotatable bonds is 9. The molecule has 2 unspecified atom stereocenters. The van der Waals surface area contributed by atoms with E-state index in [0.717, 1.165) is 22.6 Å². The van der Waals surface area contributed by atoms with Gasteiger partial charge in [-0.2, -0.15) is 0 Å². The van der Waals surface area contributed by atoms with Crippen molar-refractivity contribution in [2.45, 2.75) is 58.5 Å². The van der Waals surface area contributed by atoms with Gasteiger partial charge in [-0.25, -0.2) is 4.79 Å². The molecule has 0 fully saturated rings. The number of aryl methyl sites for hydroxylation is 2. The number of nitrogens with one attached hydrogen (secondary N) is 2. The van der Waals surface area contributed by atoms with Gasteiger partial charge in [0, 0.05) is 24.1 Å². The monoisotopic (exact) mass is 373 g/mol. The Hall–Kier alpha value is -2.83. The van der Waals surface area contributed by atoms with Crippen LogP contribution >= 0.6 is 0 Å². The number of urea groups is 1. The van der Waals surface area contributed by atoms with Crippen molar-refractivity contribution in [2.24, 2.45) is 0 Å². The van der Waals surface area contributed by atoms with Gasteiger partial charge in [0.1, 0.15) is 5.76 Å². The summed E-state index contributed by atoms with van der Waals surface area (Å²) in [6.45, 7) is 5.64. The summed E-state index contributed by atoms with van der Waals surface area (Å²) in [5.74, 6) is -0.119. The Balaban J connectivity index is 1.92. The largest absolute Gasteiger partial charge is 0.481 e. The van der Waals surface area contributed by atoms with Crippen LogP contribution in [0.3, 0.4) is 0 Å². The number of carbonyl (C=O) groups is 2. The molecule has 2 amide bonds. The van der Waals surface area contributed by atoms with E-state index < -0.39 is 5.97 Å². The quantitative estimate of drug-likeness (QED) is 0.627. The number of hydrogen-bond acceptors (Lipinski definition) is 4. The zero-order chi connectivity index (χ0) is 19.8. The predicted molar refractivity (Wildman–Crippen MR) is 102 cm³/mol. The summed E-state index contributed by atoms with van der Waals surface area (Å²) in [4.78, 5) is 23.3. The number of hydrogen-bond donors (Lipinski definition) is 3. The van der Waals surface area contributed by atoms with Crippen LogP contribution in [-0.4, -0.2) is 34.3 Å². The second kappa shape index (κ2) is 9.75. The van der Waals surface area contributed by atoms with E-state index in [1.54, 1.807) is 0 Å². The first-order valence-electron chi connectivity index (χ1n) is 9.09. The lowest BCUT2D eigenvalue weighted by Crippen LogP contribution is -2.47. The lowest BCUT2D eigenvalue weighted by molar-refractivity contribution is -0.137. The average molecular weight is 373 g/mol. The fourth-order valence-electron chi connectivity index (χ4n) is 3.02. The van der Waals surface area contributed by atoms with Gasteiger partial charge in [-0.05, 0) is 45.6 Å². The van der Waals surface area contributed by atoms with Gasteiger partial charge in [0.15, 0.2) is 0 Å². The van der Waals surface area contributed by atoms with Gasteiger partial charge < -0.3 is 20.3 Å². The number of nitrogens with zero attached hydrogens (tertiary/aromatic N) is 1. The van der Waals surface area contributed by atoms with Crippen LogP contribution in [0.4, 0.5) is 4.79 Å². The van der Waals surface area contributed by atoms with E-state index >= 15 is 0 Å². The summed E-state index contributed by atoms with van der Waals surface area (Å²) in [7, 11) is 0. The molecule has 7 heteroatoms. The van der Waals surface area contributed by atoms with Crippen LogP contribution in [0.25, 0.3) is 0 Å². The van der Waals surface area contributed by atoms with Crippen LogP contribution in [0.2, 0.25) is 0 Å². The summed E-state index contributed by atoms with van der Waals surface area (Å²) in [6, 6.07) is 9.03. The third kappa shape index (κ3) is 6.77. The lowest BCUT2D eigenvalue weighted by Gasteiger charge is -2.21. The highest BCUT2D eigenvalue weighted by Crippen LogP contribution is 2.14. The zero-order valence-corrected chi connectivity index (χ0v) is 16.0. The molecule has 0 bridgehead atoms. The van der Waals surface area contributed by atoms with Crippen LogP contribution in [0.15, 0.2) is 34.9 Å². The van der Waals surface area contributed by atoms with E-state index in [0.29, 0.717) is 19.3 Å². The topological polar surface area (TPSA) is 104 Å². The third-order valence-electron chi connectivity index (χ3n) is 4.44. The van der Waals surface area contributed by atoms with Crippen molar-refractivity contribution in [3.05, 3.63) is 52.9 Å². The normalized spacial score (nSPS) is 13.0. The SMILES string of the molecule is Cc1noc(C)c1CC(C)NC(=O)NC(CCC(=O)O)Cc1ccccc1. The Morgan fingerprint density at radius 1 is 1.15 bits per heavy atom. The van der Waals surface area contributed by atoms with Crippen LogP contribution in [-0.2, 0) is 17.6 Å². The molecule has 0 spiro atoms. The van der Waals surface area contributed by atoms with Crippen molar-refractivity contribution in [1.29, 1.82) is 0 Å². The molecule has 0 radical (unpaired) electrons. The van der Waals surface area contributed by atoms with Crippen LogP contribution < -0.4 is 10.6 Å². The smallest absolute Gasteiger partial charge is 0.315 e. The fourth-order valence-corrected chi connectivity index (χ4v) is 3.02. The van der Waals surface area contributed by atoms with Crippen molar-refractivity contribution in [3.8, 4) is 0 Å². The van der Waals surface area contributed by atoms with E-state index in [4.69, 9.17) is 9.63 Å². The Morgan fingerprint density at radius 3 is 2.44 bits per heavy atom. The van der Waals surface area contributed by atoms with Crippen LogP contribution in [0.1, 0.15) is 42.3 Å². The molecule has 1 aromatic heterocycles. The van der Waals surface area contributed by atoms with Gasteiger partial charge in [0.25, 0.3) is 0 Å². The molecule has 7 nitrogen and oxygen atoms in total. The first-order chi connectivity index (χ1) is 12.8. The van der Waals surface area contributed by atoms with Gasteiger partial charge in [0.2, 0.25) is 0 Å². The molecule has 2 atom stereocenters. The van der Waals surface area contributed by atoms with E-state index in [9.17, 15) is 9.59 Å². The highest BCUT2D eigenvalue weighted by Gasteiger charge is 2.18. The summed E-state index contributed by atoms with van der Waals surface area (Å²) in [6.07, 6.45) is 1.58. The summed E-state index contributed by atoms with van der Waals surface area (Å²) in [5, 5.41) is 18.7. The van der Waals surface area contributed by atoms with Crippen LogP contribution in [0, 0.1) is 13.8 Å². The Bertz CT molecular complexity index is 738. The molecular weight excluding hydrogens is 346 g/mol. The Labute approximate surface area is 159 Å². The first-order valence-corrected chi connectivity index (χ1v) is 9.09. The zero-order valence-electron chi connectivity index (χ0n) is 16.0. The number of aromatic nitrogens is 1. The molecule has 0 aliphatic rings. The highest BCUT2D eigenvalue weighted by molar-refractivity contribution is 5.74. The van der Waals surface area contributed by atoms with E-state index in [-0.39, 0.29) is 24.5 Å². The minimum absolute atomic E-state index is 0.00636. The van der Waals surface area contributed by atoms with Gasteiger partial charge in [-0.1, -0.05) is 35.5 Å². The maximum atomic E-state index is 12.4. The summed E-state index contributed by atoms with van der Waals surface area (Å²) < 4.78 is 5.15. The fraction of sp³-hybridized carbons (Fsp3) is 0.450. The van der Waals surface area contributed by atoms with Crippen molar-refractivity contribution in [2.75, 3.05) is 0 Å². The average Bonchev–Trinajstić information content (AvgIpc) is 2.92. The number of carbonyl (C=O) groups excluding carboxylic acids is 1. The molecule has 1 aromatic carbocycles. The molecule has 0 saturated carbocycles. The summed E-state index contributed by atoms with van der Waals surface area (Å²) in [5.41, 5.74) is 2.87. The van der Waals surface area contributed by atoms with Gasteiger partial charge >= 0.3 is 12.0 Å². The number of benzene rings is 1. The second-order valence-electron chi connectivity index (χ2n) is 6.84. The molecule has 27 heavy (non-hydrogen) atoms. The molecule has 146 valence electrons. The molecule has 0 aliphatic heterocycles. The lowest BCUT2D eigenvalue weighted by atomic mass is 10.0. The van der Waals surface area contributed by atoms with Crippen molar-refractivity contribution in [3.63, 3.8) is 0 Å². The van der Waals surface area contributed by atoms with Crippen molar-refractivity contribution in [1.82, 2.24) is 15.8 Å². The van der Waals surface area contributed by atoms with E-state index in [1.807, 2.05) is 51.1 Å². The summed E-state index contributed by atoms with van der Waals surface area (Å²) >= 11 is 0. The van der Waals surface area contributed by atoms with E-state index in [2.05, 4.69) is 15.8 Å². The molecule has 0 saturated heterocycles. The van der Waals surface area contributed by atoms with Gasteiger partial charge in [-0.3, -0.25) is 4.79 Å². The maximum absolute atomic E-state index is 12.4. The standard InChI is InChI=1S/C20H27N3O4/c1-13(11-18-14(2)23-27-15(18)3)21-20(26)22-17(9-10-19(24)25)12-16-7-5-4-6-8-16/h4-8,13,17H,9-12H2,1-3H3,(H,24,25)(H2,21,22,26). The van der Waals surface area contributed by atoms with Crippen molar-refractivity contribution < 1.29 is 19.2 Å². The Morgan fingerprint density at radius 2 is 1.85 bits per heavy atom. The maximum Gasteiger partial charge on any atom is 0.315 e. The second-order valence-corrected chi connectivity index (χ2v) is 6.84. The molecule has 0 aliphatic carbocycles. The molecule has 2 aromatic rings. The van der Waals surface area contributed by atoms with E-state index in [1.165, 1.54) is 0 Å². The molecule has 1 heterocycles. The molecular formula is C20H27N3O4. The highest BCUT2D eigenvalue weighted by atomic mass is 16.5. The number of carboxylic acids is 1. The third-order valence-corrected chi connectivity index (χ3v) is 4.44. The minimum atomic E-state index is -0.873. The number of amides is 2.